The maximum absolute atomic E-state index is 12.5. The number of hydrogen-bond acceptors (Lipinski definition) is 3. The zero-order chi connectivity index (χ0) is 15.0. The lowest BCUT2D eigenvalue weighted by molar-refractivity contribution is 0.281. The number of rotatable bonds is 4. The van der Waals surface area contributed by atoms with Crippen molar-refractivity contribution in [3.05, 3.63) is 28.8 Å². The third-order valence-electron chi connectivity index (χ3n) is 4.02. The monoisotopic (exact) mass is 317 g/mol. The Balaban J connectivity index is 2.31. The summed E-state index contributed by atoms with van der Waals surface area (Å²) in [5.41, 5.74) is 0.481. The molecule has 112 valence electrons. The number of benzene rings is 1. The molecule has 1 aliphatic rings. The topological polar surface area (TPSA) is 66.4 Å². The van der Waals surface area contributed by atoms with Gasteiger partial charge in [0.15, 0.2) is 0 Å². The first-order valence-electron chi connectivity index (χ1n) is 6.68. The van der Waals surface area contributed by atoms with E-state index in [9.17, 15) is 8.42 Å². The first-order valence-corrected chi connectivity index (χ1v) is 8.54. The first-order chi connectivity index (χ1) is 9.26. The summed E-state index contributed by atoms with van der Waals surface area (Å²) in [5, 5.41) is 9.30. The summed E-state index contributed by atoms with van der Waals surface area (Å²) in [7, 11) is -3.67. The van der Waals surface area contributed by atoms with Crippen LogP contribution in [0.3, 0.4) is 0 Å². The molecule has 0 aromatic heterocycles. The van der Waals surface area contributed by atoms with Gasteiger partial charge in [-0.1, -0.05) is 37.9 Å². The zero-order valence-electron chi connectivity index (χ0n) is 11.7. The second-order valence-corrected chi connectivity index (χ2v) is 8.07. The van der Waals surface area contributed by atoms with Crippen LogP contribution < -0.4 is 4.72 Å². The molecule has 20 heavy (non-hydrogen) atoms. The van der Waals surface area contributed by atoms with E-state index in [-0.39, 0.29) is 28.0 Å². The fourth-order valence-corrected chi connectivity index (χ4v) is 4.64. The smallest absolute Gasteiger partial charge is 0.242 e. The van der Waals surface area contributed by atoms with Crippen molar-refractivity contribution in [3.63, 3.8) is 0 Å². The maximum Gasteiger partial charge on any atom is 0.242 e. The van der Waals surface area contributed by atoms with Crippen molar-refractivity contribution < 1.29 is 13.5 Å². The number of sulfonamides is 1. The molecule has 6 heteroatoms. The highest BCUT2D eigenvalue weighted by Crippen LogP contribution is 2.38. The van der Waals surface area contributed by atoms with Crippen molar-refractivity contribution in [3.8, 4) is 0 Å². The average Bonchev–Trinajstić information content (AvgIpc) is 2.68. The third kappa shape index (κ3) is 3.17. The summed E-state index contributed by atoms with van der Waals surface area (Å²) in [6.45, 7) is 3.92. The van der Waals surface area contributed by atoms with Gasteiger partial charge in [0, 0.05) is 6.04 Å². The van der Waals surface area contributed by atoms with E-state index in [2.05, 4.69) is 18.6 Å². The molecular formula is C14H20ClNO3S. The quantitative estimate of drug-likeness (QED) is 0.897. The minimum Gasteiger partial charge on any atom is -0.392 e. The molecule has 1 saturated carbocycles. The second-order valence-electron chi connectivity index (χ2n) is 5.98. The summed E-state index contributed by atoms with van der Waals surface area (Å²) in [6, 6.07) is 4.45. The van der Waals surface area contributed by atoms with Crippen molar-refractivity contribution in [1.82, 2.24) is 4.72 Å². The Bertz CT molecular complexity index is 598. The highest BCUT2D eigenvalue weighted by atomic mass is 35.5. The third-order valence-corrected chi connectivity index (χ3v) is 5.98. The fraction of sp³-hybridized carbons (Fsp3) is 0.571. The first kappa shape index (κ1) is 15.8. The lowest BCUT2D eigenvalue weighted by Crippen LogP contribution is -2.41. The van der Waals surface area contributed by atoms with Crippen LogP contribution in [0.15, 0.2) is 23.1 Å². The summed E-state index contributed by atoms with van der Waals surface area (Å²) < 4.78 is 27.7. The molecule has 1 aromatic rings. The Kier molecular flexibility index (Phi) is 4.44. The molecule has 1 atom stereocenters. The van der Waals surface area contributed by atoms with E-state index in [0.717, 1.165) is 19.3 Å². The highest BCUT2D eigenvalue weighted by molar-refractivity contribution is 7.89. The van der Waals surface area contributed by atoms with E-state index < -0.39 is 10.0 Å². The molecule has 1 unspecified atom stereocenters. The molecule has 1 aromatic carbocycles. The van der Waals surface area contributed by atoms with Crippen LogP contribution in [0, 0.1) is 5.41 Å². The van der Waals surface area contributed by atoms with Gasteiger partial charge in [0.05, 0.1) is 11.6 Å². The predicted octanol–water partition coefficient (Wildman–Crippen LogP) is 2.69. The van der Waals surface area contributed by atoms with Crippen molar-refractivity contribution in [1.29, 1.82) is 0 Å². The van der Waals surface area contributed by atoms with E-state index >= 15 is 0 Å². The Morgan fingerprint density at radius 3 is 2.70 bits per heavy atom. The van der Waals surface area contributed by atoms with Crippen LogP contribution in [0.1, 0.15) is 38.7 Å². The minimum absolute atomic E-state index is 0.0356. The average molecular weight is 318 g/mol. The molecule has 0 bridgehead atoms. The molecule has 0 saturated heterocycles. The molecule has 1 aliphatic carbocycles. The van der Waals surface area contributed by atoms with Gasteiger partial charge in [0.1, 0.15) is 4.90 Å². The predicted molar refractivity (Wildman–Crippen MR) is 79.1 cm³/mol. The molecule has 4 nitrogen and oxygen atoms in total. The molecule has 0 amide bonds. The van der Waals surface area contributed by atoms with Gasteiger partial charge in [-0.15, -0.1) is 0 Å². The van der Waals surface area contributed by atoms with E-state index in [1.54, 1.807) is 6.07 Å². The number of aliphatic hydroxyl groups is 1. The van der Waals surface area contributed by atoms with Gasteiger partial charge >= 0.3 is 0 Å². The summed E-state index contributed by atoms with van der Waals surface area (Å²) >= 11 is 5.99. The largest absolute Gasteiger partial charge is 0.392 e. The molecular weight excluding hydrogens is 298 g/mol. The fourth-order valence-electron chi connectivity index (χ4n) is 2.65. The maximum atomic E-state index is 12.5. The van der Waals surface area contributed by atoms with E-state index in [1.807, 2.05) is 0 Å². The van der Waals surface area contributed by atoms with Gasteiger partial charge in [-0.3, -0.25) is 0 Å². The highest BCUT2D eigenvalue weighted by Gasteiger charge is 2.37. The van der Waals surface area contributed by atoms with Crippen molar-refractivity contribution in [2.24, 2.45) is 5.41 Å². The number of nitrogens with one attached hydrogen (secondary N) is 1. The van der Waals surface area contributed by atoms with Crippen LogP contribution >= 0.6 is 11.6 Å². The van der Waals surface area contributed by atoms with Crippen LogP contribution in [0.4, 0.5) is 0 Å². The Morgan fingerprint density at radius 1 is 1.45 bits per heavy atom. The standard InChI is InChI=1S/C14H20ClNO3S/c1-14(2)7-3-4-13(14)16-20(18,19)12-8-10(9-17)5-6-11(12)15/h5-6,8,13,16-17H,3-4,7,9H2,1-2H3. The van der Waals surface area contributed by atoms with Crippen LogP contribution in [0.25, 0.3) is 0 Å². The number of hydrogen-bond donors (Lipinski definition) is 2. The van der Waals surface area contributed by atoms with Crippen molar-refractivity contribution in [2.45, 2.75) is 50.7 Å². The molecule has 0 spiro atoms. The molecule has 0 aliphatic heterocycles. The van der Waals surface area contributed by atoms with E-state index in [0.29, 0.717) is 5.56 Å². The van der Waals surface area contributed by atoms with Crippen LogP contribution in [0.5, 0.6) is 0 Å². The Morgan fingerprint density at radius 2 is 2.15 bits per heavy atom. The minimum atomic E-state index is -3.67. The van der Waals surface area contributed by atoms with E-state index in [4.69, 9.17) is 16.7 Å². The summed E-state index contributed by atoms with van der Waals surface area (Å²) in [6.07, 6.45) is 2.86. The number of aliphatic hydroxyl groups excluding tert-OH is 1. The second kappa shape index (κ2) is 5.64. The van der Waals surface area contributed by atoms with Gasteiger partial charge in [0.25, 0.3) is 0 Å². The van der Waals surface area contributed by atoms with Gasteiger partial charge in [0.2, 0.25) is 10.0 Å². The summed E-state index contributed by atoms with van der Waals surface area (Å²) in [4.78, 5) is 0.0356. The van der Waals surface area contributed by atoms with Gasteiger partial charge < -0.3 is 5.11 Å². The van der Waals surface area contributed by atoms with Gasteiger partial charge in [-0.25, -0.2) is 13.1 Å². The Labute approximate surface area is 125 Å². The molecule has 1 fully saturated rings. The molecule has 0 heterocycles. The van der Waals surface area contributed by atoms with Gasteiger partial charge in [-0.2, -0.15) is 0 Å². The Hall–Kier alpha value is -0.620. The summed E-state index contributed by atoms with van der Waals surface area (Å²) in [5.74, 6) is 0. The van der Waals surface area contributed by atoms with E-state index in [1.165, 1.54) is 12.1 Å². The molecule has 0 radical (unpaired) electrons. The van der Waals surface area contributed by atoms with Crippen LogP contribution in [-0.2, 0) is 16.6 Å². The zero-order valence-corrected chi connectivity index (χ0v) is 13.3. The van der Waals surface area contributed by atoms with Crippen LogP contribution in [-0.4, -0.2) is 19.6 Å². The SMILES string of the molecule is CC1(C)CCCC1NS(=O)(=O)c1cc(CO)ccc1Cl. The number of halogens is 1. The van der Waals surface area contributed by atoms with Gasteiger partial charge in [-0.05, 0) is 36.0 Å². The van der Waals surface area contributed by atoms with Crippen molar-refractivity contribution in [2.75, 3.05) is 0 Å². The lowest BCUT2D eigenvalue weighted by atomic mass is 9.88. The van der Waals surface area contributed by atoms with Crippen molar-refractivity contribution >= 4 is 21.6 Å². The molecule has 2 N–H and O–H groups in total. The normalized spacial score (nSPS) is 22.1. The van der Waals surface area contributed by atoms with Crippen LogP contribution in [0.2, 0.25) is 5.02 Å². The molecule has 2 rings (SSSR count). The lowest BCUT2D eigenvalue weighted by Gasteiger charge is -2.27.